The molecule has 2 aromatic carbocycles. The fraction of sp³-hybridized carbons (Fsp3) is 0.280. The third-order valence-corrected chi connectivity index (χ3v) is 5.89. The number of nitrogens with one attached hydrogen (secondary N) is 1. The first-order valence-electron chi connectivity index (χ1n) is 10.8. The lowest BCUT2D eigenvalue weighted by molar-refractivity contribution is 0.368. The molecule has 1 saturated heterocycles. The first-order chi connectivity index (χ1) is 15.7. The van der Waals surface area contributed by atoms with Gasteiger partial charge in [-0.25, -0.2) is 4.98 Å². The molecule has 1 aliphatic heterocycles. The number of methoxy groups -OCH3 is 1. The smallest absolute Gasteiger partial charge is 0.207 e. The number of nitrogens with zero attached hydrogens (tertiary/aromatic N) is 3. The Morgan fingerprint density at radius 3 is 2.66 bits per heavy atom. The molecule has 1 fully saturated rings. The molecule has 164 valence electrons. The number of halogens is 1. The number of aryl methyl sites for hydroxylation is 1. The van der Waals surface area contributed by atoms with Crippen LogP contribution in [-0.4, -0.2) is 28.0 Å². The Labute approximate surface area is 186 Å². The van der Waals surface area contributed by atoms with Crippen LogP contribution in [0.3, 0.4) is 0 Å². The predicted octanol–water partition coefficient (Wildman–Crippen LogP) is 5.46. The second-order valence-electron chi connectivity index (χ2n) is 7.95. The van der Waals surface area contributed by atoms with Gasteiger partial charge in [0.2, 0.25) is 5.82 Å². The van der Waals surface area contributed by atoms with Crippen LogP contribution in [0, 0.1) is 12.7 Å². The lowest BCUT2D eigenvalue weighted by atomic mass is 10.0. The molecule has 4 aromatic rings. The van der Waals surface area contributed by atoms with Gasteiger partial charge in [0.1, 0.15) is 11.6 Å². The largest absolute Gasteiger partial charge is 0.494 e. The number of aromatic nitrogens is 3. The molecule has 0 bridgehead atoms. The Balaban J connectivity index is 1.49. The molecule has 0 aliphatic carbocycles. The molecule has 3 heterocycles. The molecule has 1 unspecified atom stereocenters. The van der Waals surface area contributed by atoms with E-state index in [1.165, 1.54) is 20.0 Å². The second-order valence-corrected chi connectivity index (χ2v) is 7.95. The van der Waals surface area contributed by atoms with Gasteiger partial charge >= 0.3 is 0 Å². The minimum atomic E-state index is -0.523. The summed E-state index contributed by atoms with van der Waals surface area (Å²) < 4.78 is 27.4. The van der Waals surface area contributed by atoms with Gasteiger partial charge in [0.05, 0.1) is 30.1 Å². The normalized spacial score (nSPS) is 16.3. The van der Waals surface area contributed by atoms with Crippen LogP contribution in [0.4, 0.5) is 4.39 Å². The summed E-state index contributed by atoms with van der Waals surface area (Å²) in [6, 6.07) is 12.6. The molecule has 1 N–H and O–H groups in total. The Morgan fingerprint density at radius 1 is 1.09 bits per heavy atom. The number of rotatable bonds is 5. The molecule has 32 heavy (non-hydrogen) atoms. The zero-order chi connectivity index (χ0) is 22.1. The maximum absolute atomic E-state index is 14.4. The van der Waals surface area contributed by atoms with E-state index < -0.39 is 5.82 Å². The standard InChI is InChI=1S/C25H25FN4O2/c1-16-24-23(29-25(30(24)15-14-27-16)19-6-3-4-13-28-19)17-9-11-18(12-10-17)32-21-8-5-7-20(31-2)22(21)26/h5,7-12,14-15,19,28H,3-4,6,13H2,1-2H3. The molecule has 0 amide bonds. The van der Waals surface area contributed by atoms with Crippen molar-refractivity contribution in [3.8, 4) is 28.5 Å². The van der Waals surface area contributed by atoms with Crippen LogP contribution in [0.15, 0.2) is 54.9 Å². The van der Waals surface area contributed by atoms with Gasteiger partial charge in [0, 0.05) is 18.0 Å². The molecule has 6 nitrogen and oxygen atoms in total. The van der Waals surface area contributed by atoms with Gasteiger partial charge in [-0.1, -0.05) is 12.5 Å². The summed E-state index contributed by atoms with van der Waals surface area (Å²) in [7, 11) is 1.43. The lowest BCUT2D eigenvalue weighted by Crippen LogP contribution is -2.28. The maximum atomic E-state index is 14.4. The van der Waals surface area contributed by atoms with Gasteiger partial charge in [-0.05, 0) is 62.7 Å². The summed E-state index contributed by atoms with van der Waals surface area (Å²) >= 11 is 0. The first kappa shape index (κ1) is 20.5. The quantitative estimate of drug-likeness (QED) is 0.454. The van der Waals surface area contributed by atoms with Crippen LogP contribution < -0.4 is 14.8 Å². The zero-order valence-electron chi connectivity index (χ0n) is 18.1. The van der Waals surface area contributed by atoms with Crippen LogP contribution in [0.2, 0.25) is 0 Å². The molecule has 0 radical (unpaired) electrons. The molecule has 5 rings (SSSR count). The van der Waals surface area contributed by atoms with E-state index >= 15 is 0 Å². The minimum Gasteiger partial charge on any atom is -0.494 e. The number of ether oxygens (including phenoxy) is 2. The predicted molar refractivity (Wildman–Crippen MR) is 121 cm³/mol. The number of imidazole rings is 1. The van der Waals surface area contributed by atoms with Crippen LogP contribution in [-0.2, 0) is 0 Å². The van der Waals surface area contributed by atoms with Crippen molar-refractivity contribution >= 4 is 5.52 Å². The Morgan fingerprint density at radius 2 is 1.91 bits per heavy atom. The van der Waals surface area contributed by atoms with Crippen LogP contribution in [0.5, 0.6) is 17.2 Å². The average Bonchev–Trinajstić information content (AvgIpc) is 3.23. The molecule has 0 saturated carbocycles. The number of piperidine rings is 1. The van der Waals surface area contributed by atoms with Crippen molar-refractivity contribution in [1.29, 1.82) is 0 Å². The van der Waals surface area contributed by atoms with Gasteiger partial charge in [-0.15, -0.1) is 0 Å². The van der Waals surface area contributed by atoms with E-state index in [1.54, 1.807) is 18.2 Å². The van der Waals surface area contributed by atoms with Crippen molar-refractivity contribution in [2.45, 2.75) is 32.2 Å². The summed E-state index contributed by atoms with van der Waals surface area (Å²) in [5.74, 6) is 1.29. The van der Waals surface area contributed by atoms with Crippen molar-refractivity contribution in [2.24, 2.45) is 0 Å². The number of hydrogen-bond acceptors (Lipinski definition) is 5. The van der Waals surface area contributed by atoms with Crippen LogP contribution in [0.1, 0.15) is 36.8 Å². The molecule has 7 heteroatoms. The molecular formula is C25H25FN4O2. The van der Waals surface area contributed by atoms with Gasteiger partial charge in [-0.2, -0.15) is 4.39 Å². The van der Waals surface area contributed by atoms with Crippen LogP contribution in [0.25, 0.3) is 16.8 Å². The van der Waals surface area contributed by atoms with E-state index in [-0.39, 0.29) is 17.5 Å². The highest BCUT2D eigenvalue weighted by molar-refractivity contribution is 5.79. The van der Waals surface area contributed by atoms with Gasteiger partial charge in [0.15, 0.2) is 11.5 Å². The summed E-state index contributed by atoms with van der Waals surface area (Å²) in [5.41, 5.74) is 3.77. The molecular weight excluding hydrogens is 407 g/mol. The topological polar surface area (TPSA) is 60.7 Å². The highest BCUT2D eigenvalue weighted by Crippen LogP contribution is 2.34. The third kappa shape index (κ3) is 3.69. The third-order valence-electron chi connectivity index (χ3n) is 5.89. The Hall–Kier alpha value is -3.45. The van der Waals surface area contributed by atoms with Crippen molar-refractivity contribution < 1.29 is 13.9 Å². The van der Waals surface area contributed by atoms with Crippen LogP contribution >= 0.6 is 0 Å². The molecule has 2 aromatic heterocycles. The van der Waals surface area contributed by atoms with E-state index in [0.29, 0.717) is 5.75 Å². The minimum absolute atomic E-state index is 0.121. The summed E-state index contributed by atoms with van der Waals surface area (Å²) in [6.45, 7) is 3.01. The van der Waals surface area contributed by atoms with Gasteiger partial charge < -0.3 is 14.8 Å². The van der Waals surface area contributed by atoms with Crippen molar-refractivity contribution in [3.05, 3.63) is 72.2 Å². The van der Waals surface area contributed by atoms with E-state index in [9.17, 15) is 4.39 Å². The van der Waals surface area contributed by atoms with E-state index in [0.717, 1.165) is 41.3 Å². The average molecular weight is 432 g/mol. The number of benzene rings is 2. The number of hydrogen-bond donors (Lipinski definition) is 1. The highest BCUT2D eigenvalue weighted by Gasteiger charge is 2.23. The number of fused-ring (bicyclic) bond motifs is 1. The second kappa shape index (κ2) is 8.59. The first-order valence-corrected chi connectivity index (χ1v) is 10.8. The molecule has 1 atom stereocenters. The fourth-order valence-corrected chi connectivity index (χ4v) is 4.27. The van der Waals surface area contributed by atoms with E-state index in [1.807, 2.05) is 43.6 Å². The summed E-state index contributed by atoms with van der Waals surface area (Å²) in [4.78, 5) is 9.53. The van der Waals surface area contributed by atoms with Gasteiger partial charge in [-0.3, -0.25) is 9.38 Å². The van der Waals surface area contributed by atoms with Crippen molar-refractivity contribution in [3.63, 3.8) is 0 Å². The van der Waals surface area contributed by atoms with E-state index in [2.05, 4.69) is 14.7 Å². The van der Waals surface area contributed by atoms with Gasteiger partial charge in [0.25, 0.3) is 0 Å². The fourth-order valence-electron chi connectivity index (χ4n) is 4.27. The lowest BCUT2D eigenvalue weighted by Gasteiger charge is -2.22. The van der Waals surface area contributed by atoms with Crippen molar-refractivity contribution in [2.75, 3.05) is 13.7 Å². The SMILES string of the molecule is COc1cccc(Oc2ccc(-c3nc(C4CCCCN4)n4ccnc(C)c34)cc2)c1F. The Kier molecular flexibility index (Phi) is 5.49. The Bertz CT molecular complexity index is 1250. The van der Waals surface area contributed by atoms with Crippen molar-refractivity contribution in [1.82, 2.24) is 19.7 Å². The van der Waals surface area contributed by atoms with E-state index in [4.69, 9.17) is 14.5 Å². The maximum Gasteiger partial charge on any atom is 0.207 e. The molecule has 1 aliphatic rings. The summed E-state index contributed by atoms with van der Waals surface area (Å²) in [6.07, 6.45) is 7.26. The monoisotopic (exact) mass is 432 g/mol. The highest BCUT2D eigenvalue weighted by atomic mass is 19.1. The zero-order valence-corrected chi connectivity index (χ0v) is 18.1. The summed E-state index contributed by atoms with van der Waals surface area (Å²) in [5, 5.41) is 3.59. The molecule has 0 spiro atoms.